The van der Waals surface area contributed by atoms with Gasteiger partial charge in [0.1, 0.15) is 0 Å². The summed E-state index contributed by atoms with van der Waals surface area (Å²) in [6, 6.07) is 0. The molecule has 0 fully saturated rings. The Hall–Kier alpha value is 0.01000. The Morgan fingerprint density at radius 3 is 1.50 bits per heavy atom. The van der Waals surface area contributed by atoms with E-state index in [1.807, 2.05) is 14.1 Å². The first-order valence-corrected chi connectivity index (χ1v) is 3.16. The Morgan fingerprint density at radius 1 is 1.50 bits per heavy atom. The van der Waals surface area contributed by atoms with Crippen molar-refractivity contribution >= 4 is 7.99 Å². The van der Waals surface area contributed by atoms with E-state index in [0.29, 0.717) is 0 Å². The second kappa shape index (κ2) is 5.15. The van der Waals surface area contributed by atoms with Gasteiger partial charge in [-0.1, -0.05) is 0 Å². The summed E-state index contributed by atoms with van der Waals surface area (Å²) >= 11 is 0. The van der Waals surface area contributed by atoms with Crippen molar-refractivity contribution in [3.05, 3.63) is 0 Å². The summed E-state index contributed by atoms with van der Waals surface area (Å²) < 4.78 is 28.7. The molecule has 0 rings (SSSR count). The molecule has 0 aliphatic heterocycles. The van der Waals surface area contributed by atoms with Gasteiger partial charge in [-0.25, -0.2) is 4.57 Å². The lowest BCUT2D eigenvalue weighted by Crippen LogP contribution is -1.89. The van der Waals surface area contributed by atoms with Crippen LogP contribution in [0.4, 0.5) is 8.39 Å². The quantitative estimate of drug-likeness (QED) is 0.499. The van der Waals surface area contributed by atoms with E-state index in [1.165, 1.54) is 0 Å². The minimum atomic E-state index is -5.64. The highest BCUT2D eigenvalue weighted by atomic mass is 31.2. The van der Waals surface area contributed by atoms with Crippen molar-refractivity contribution in [3.8, 4) is 0 Å². The average Bonchev–Trinajstić information content (AvgIpc) is 1.27. The molecule has 0 aliphatic rings. The Morgan fingerprint density at radius 2 is 1.50 bits per heavy atom. The fraction of sp³-hybridized carbons (Fsp3) is 1.00. The highest BCUT2D eigenvalue weighted by Gasteiger charge is 2.09. The first kappa shape index (κ1) is 10.9. The fourth-order valence-electron chi connectivity index (χ4n) is 0. The number of halogens is 2. The van der Waals surface area contributed by atoms with Gasteiger partial charge in [-0.2, -0.15) is 0 Å². The lowest BCUT2D eigenvalue weighted by atomic mass is 11.3. The van der Waals surface area contributed by atoms with E-state index in [4.69, 9.17) is 9.46 Å². The molecule has 0 spiro atoms. The molecule has 0 radical (unpaired) electrons. The molecule has 52 valence electrons. The largest absolute Gasteiger partial charge is 0.549 e. The average molecular weight is 147 g/mol. The zero-order chi connectivity index (χ0) is 7.21. The highest BCUT2D eigenvalue weighted by Crippen LogP contribution is 2.43. The second-order valence-electron chi connectivity index (χ2n) is 0.935. The third-order valence-electron chi connectivity index (χ3n) is 0. The van der Waals surface area contributed by atoms with Crippen LogP contribution in [0.3, 0.4) is 0 Å². The molecular weight excluding hydrogens is 139 g/mol. The van der Waals surface area contributed by atoms with Gasteiger partial charge in [0.15, 0.2) is 0 Å². The van der Waals surface area contributed by atoms with Crippen LogP contribution in [0, 0.1) is 0 Å². The maximum atomic E-state index is 10.1. The molecule has 0 heterocycles. The lowest BCUT2D eigenvalue weighted by molar-refractivity contribution is 0.376. The highest BCUT2D eigenvalue weighted by molar-refractivity contribution is 7.46. The summed E-state index contributed by atoms with van der Waals surface area (Å²) in [5.74, 6) is 0. The molecule has 0 aromatic carbocycles. The third kappa shape index (κ3) is 1510000. The van der Waals surface area contributed by atoms with Crippen LogP contribution in [-0.2, 0) is 4.57 Å². The summed E-state index contributed by atoms with van der Waals surface area (Å²) in [7, 11) is -1.89. The molecule has 8 heavy (non-hydrogen) atoms. The normalized spacial score (nSPS) is 9.62. The standard InChI is InChI=1S/C2H7N.F2HO2P/c1-3-2;1-5(2,3)4/h3H,1-2H3;(H,3,4). The molecule has 2 N–H and O–H groups in total. The lowest BCUT2D eigenvalue weighted by Gasteiger charge is -1.73. The van der Waals surface area contributed by atoms with Crippen molar-refractivity contribution < 1.29 is 17.9 Å². The predicted octanol–water partition coefficient (Wildman–Crippen LogP) is 0.861. The first-order chi connectivity index (χ1) is 3.41. The van der Waals surface area contributed by atoms with Crippen molar-refractivity contribution in [3.63, 3.8) is 0 Å². The molecule has 0 aromatic heterocycles. The van der Waals surface area contributed by atoms with E-state index < -0.39 is 7.99 Å². The van der Waals surface area contributed by atoms with Gasteiger partial charge in [0.2, 0.25) is 0 Å². The van der Waals surface area contributed by atoms with Crippen molar-refractivity contribution in [2.45, 2.75) is 0 Å². The van der Waals surface area contributed by atoms with Crippen molar-refractivity contribution in [2.24, 2.45) is 0 Å². The molecule has 0 bridgehead atoms. The van der Waals surface area contributed by atoms with Gasteiger partial charge in [-0.05, 0) is 14.1 Å². The van der Waals surface area contributed by atoms with Crippen LogP contribution >= 0.6 is 7.99 Å². The van der Waals surface area contributed by atoms with Crippen molar-refractivity contribution in [2.75, 3.05) is 14.1 Å². The van der Waals surface area contributed by atoms with Crippen LogP contribution in [0.25, 0.3) is 0 Å². The molecule has 0 unspecified atom stereocenters. The second-order valence-corrected chi connectivity index (χ2v) is 1.80. The van der Waals surface area contributed by atoms with E-state index in [1.54, 1.807) is 0 Å². The van der Waals surface area contributed by atoms with Crippen LogP contribution in [0.1, 0.15) is 0 Å². The van der Waals surface area contributed by atoms with Crippen molar-refractivity contribution in [1.82, 2.24) is 5.32 Å². The molecule has 0 saturated heterocycles. The van der Waals surface area contributed by atoms with E-state index in [9.17, 15) is 8.39 Å². The van der Waals surface area contributed by atoms with Crippen molar-refractivity contribution in [1.29, 1.82) is 0 Å². The molecular formula is C2H8F2NO2P. The predicted molar refractivity (Wildman–Crippen MR) is 27.0 cm³/mol. The maximum Gasteiger partial charge on any atom is 0.549 e. The maximum absolute atomic E-state index is 10.1. The Bertz CT molecular complexity index is 73.8. The van der Waals surface area contributed by atoms with E-state index in [-0.39, 0.29) is 0 Å². The summed E-state index contributed by atoms with van der Waals surface area (Å²) in [4.78, 5) is 6.74. The monoisotopic (exact) mass is 147 g/mol. The molecule has 6 heteroatoms. The van der Waals surface area contributed by atoms with Crippen LogP contribution in [0.15, 0.2) is 0 Å². The Balaban J connectivity index is 0. The van der Waals surface area contributed by atoms with Gasteiger partial charge in [0.25, 0.3) is 0 Å². The van der Waals surface area contributed by atoms with Gasteiger partial charge in [-0.3, -0.25) is 4.89 Å². The first-order valence-electron chi connectivity index (χ1n) is 1.72. The van der Waals surface area contributed by atoms with E-state index in [2.05, 4.69) is 5.32 Å². The number of nitrogens with one attached hydrogen (secondary N) is 1. The number of rotatable bonds is 0. The van der Waals surface area contributed by atoms with Gasteiger partial charge in [-0.15, -0.1) is 8.39 Å². The zero-order valence-electron chi connectivity index (χ0n) is 4.56. The zero-order valence-corrected chi connectivity index (χ0v) is 5.45. The molecule has 0 aliphatic carbocycles. The minimum Gasteiger partial charge on any atom is -0.323 e. The summed E-state index contributed by atoms with van der Waals surface area (Å²) in [6.07, 6.45) is 0. The van der Waals surface area contributed by atoms with Crippen LogP contribution < -0.4 is 5.32 Å². The molecule has 0 aromatic rings. The Labute approximate surface area is 46.4 Å². The minimum absolute atomic E-state index is 1.88. The molecule has 0 amide bonds. The fourth-order valence-corrected chi connectivity index (χ4v) is 0. The molecule has 0 saturated carbocycles. The molecule has 3 nitrogen and oxygen atoms in total. The van der Waals surface area contributed by atoms with Crippen LogP contribution in [0.2, 0.25) is 0 Å². The van der Waals surface area contributed by atoms with Crippen LogP contribution in [-0.4, -0.2) is 19.0 Å². The molecule has 0 atom stereocenters. The SMILES string of the molecule is CNC.O=P(O)(F)F. The summed E-state index contributed by atoms with van der Waals surface area (Å²) in [5.41, 5.74) is 0. The third-order valence-corrected chi connectivity index (χ3v) is 0. The van der Waals surface area contributed by atoms with E-state index in [0.717, 1.165) is 0 Å². The summed E-state index contributed by atoms with van der Waals surface area (Å²) in [6.45, 7) is 0. The Kier molecular flexibility index (Phi) is 7.02. The number of hydrogen-bond acceptors (Lipinski definition) is 2. The summed E-state index contributed by atoms with van der Waals surface area (Å²) in [5, 5.41) is 2.75. The van der Waals surface area contributed by atoms with Gasteiger partial charge in [0, 0.05) is 0 Å². The van der Waals surface area contributed by atoms with Gasteiger partial charge >= 0.3 is 7.99 Å². The van der Waals surface area contributed by atoms with E-state index >= 15 is 0 Å². The van der Waals surface area contributed by atoms with Crippen LogP contribution in [0.5, 0.6) is 0 Å². The van der Waals surface area contributed by atoms with Gasteiger partial charge < -0.3 is 5.32 Å². The van der Waals surface area contributed by atoms with Gasteiger partial charge in [0.05, 0.1) is 0 Å². The topological polar surface area (TPSA) is 49.3 Å². The smallest absolute Gasteiger partial charge is 0.323 e. The number of hydrogen-bond donors (Lipinski definition) is 2.